The van der Waals surface area contributed by atoms with E-state index >= 15 is 0 Å². The van der Waals surface area contributed by atoms with Gasteiger partial charge in [-0.3, -0.25) is 0 Å². The SMILES string of the molecule is COc1cc([C@@H]2Oc3c(c(OC)cc4ccc(=O)oc34)O[C@@H]2C)ccc1O. The second-order valence-corrected chi connectivity index (χ2v) is 6.20. The van der Waals surface area contributed by atoms with Crippen LogP contribution >= 0.6 is 0 Å². The molecule has 1 aromatic heterocycles. The molecule has 0 spiro atoms. The summed E-state index contributed by atoms with van der Waals surface area (Å²) in [7, 11) is 3.01. The molecule has 7 nitrogen and oxygen atoms in total. The lowest BCUT2D eigenvalue weighted by atomic mass is 10.0. The van der Waals surface area contributed by atoms with Crippen LogP contribution in [0.5, 0.6) is 28.7 Å². The average Bonchev–Trinajstić information content (AvgIpc) is 2.67. The van der Waals surface area contributed by atoms with Crippen molar-refractivity contribution < 1.29 is 28.5 Å². The summed E-state index contributed by atoms with van der Waals surface area (Å²) in [6, 6.07) is 9.66. The van der Waals surface area contributed by atoms with Crippen LogP contribution in [0.2, 0.25) is 0 Å². The fourth-order valence-electron chi connectivity index (χ4n) is 3.19. The molecule has 27 heavy (non-hydrogen) atoms. The summed E-state index contributed by atoms with van der Waals surface area (Å²) in [6.45, 7) is 1.86. The van der Waals surface area contributed by atoms with Crippen LogP contribution < -0.4 is 24.6 Å². The summed E-state index contributed by atoms with van der Waals surface area (Å²) < 4.78 is 28.2. The van der Waals surface area contributed by atoms with Gasteiger partial charge in [0.05, 0.1) is 14.2 Å². The third kappa shape index (κ3) is 2.81. The molecule has 0 amide bonds. The van der Waals surface area contributed by atoms with Crippen molar-refractivity contribution in [3.8, 4) is 28.7 Å². The molecule has 1 N–H and O–H groups in total. The Morgan fingerprint density at radius 3 is 2.48 bits per heavy atom. The van der Waals surface area contributed by atoms with Gasteiger partial charge < -0.3 is 28.5 Å². The van der Waals surface area contributed by atoms with Crippen LogP contribution in [0.4, 0.5) is 0 Å². The lowest BCUT2D eigenvalue weighted by Crippen LogP contribution is -2.31. The van der Waals surface area contributed by atoms with Gasteiger partial charge in [0.1, 0.15) is 6.10 Å². The molecule has 4 rings (SSSR count). The highest BCUT2D eigenvalue weighted by molar-refractivity contribution is 5.88. The maximum Gasteiger partial charge on any atom is 0.336 e. The van der Waals surface area contributed by atoms with Crippen LogP contribution in [0, 0.1) is 0 Å². The summed E-state index contributed by atoms with van der Waals surface area (Å²) >= 11 is 0. The summed E-state index contributed by atoms with van der Waals surface area (Å²) in [5.74, 6) is 1.53. The first-order chi connectivity index (χ1) is 13.0. The number of ether oxygens (including phenoxy) is 4. The normalized spacial score (nSPS) is 18.3. The molecular formula is C20H18O7. The van der Waals surface area contributed by atoms with E-state index in [0.717, 1.165) is 5.56 Å². The van der Waals surface area contributed by atoms with Crippen LogP contribution in [0.3, 0.4) is 0 Å². The van der Waals surface area contributed by atoms with Gasteiger partial charge in [-0.25, -0.2) is 4.79 Å². The number of phenols is 1. The van der Waals surface area contributed by atoms with Crippen LogP contribution in [-0.2, 0) is 0 Å². The first-order valence-corrected chi connectivity index (χ1v) is 8.37. The van der Waals surface area contributed by atoms with E-state index < -0.39 is 11.7 Å². The van der Waals surface area contributed by atoms with E-state index in [9.17, 15) is 9.90 Å². The molecule has 0 saturated carbocycles. The molecule has 1 aliphatic rings. The lowest BCUT2D eigenvalue weighted by molar-refractivity contribution is 0.0286. The Hall–Kier alpha value is -3.35. The number of benzene rings is 2. The quantitative estimate of drug-likeness (QED) is 0.707. The van der Waals surface area contributed by atoms with Gasteiger partial charge in [0.2, 0.25) is 11.5 Å². The predicted octanol–water partition coefficient (Wildman–Crippen LogP) is 3.42. The first-order valence-electron chi connectivity index (χ1n) is 8.37. The zero-order valence-electron chi connectivity index (χ0n) is 15.0. The smallest absolute Gasteiger partial charge is 0.336 e. The highest BCUT2D eigenvalue weighted by Gasteiger charge is 2.34. The molecule has 3 aromatic rings. The van der Waals surface area contributed by atoms with Crippen molar-refractivity contribution in [2.75, 3.05) is 14.2 Å². The minimum atomic E-state index is -0.507. The van der Waals surface area contributed by atoms with Crippen LogP contribution in [0.1, 0.15) is 18.6 Å². The number of aromatic hydroxyl groups is 1. The topological polar surface area (TPSA) is 87.4 Å². The zero-order valence-corrected chi connectivity index (χ0v) is 15.0. The van der Waals surface area contributed by atoms with Crippen LogP contribution in [0.15, 0.2) is 45.6 Å². The minimum Gasteiger partial charge on any atom is -0.504 e. The number of rotatable bonds is 3. The third-order valence-electron chi connectivity index (χ3n) is 4.51. The molecule has 0 fully saturated rings. The van der Waals surface area contributed by atoms with Crippen molar-refractivity contribution in [3.63, 3.8) is 0 Å². The van der Waals surface area contributed by atoms with Gasteiger partial charge in [-0.1, -0.05) is 6.07 Å². The minimum absolute atomic E-state index is 0.0316. The van der Waals surface area contributed by atoms with E-state index in [-0.39, 0.29) is 11.9 Å². The van der Waals surface area contributed by atoms with E-state index in [2.05, 4.69) is 0 Å². The van der Waals surface area contributed by atoms with Gasteiger partial charge in [-0.05, 0) is 31.2 Å². The zero-order chi connectivity index (χ0) is 19.1. The van der Waals surface area contributed by atoms with Gasteiger partial charge in [-0.15, -0.1) is 0 Å². The Labute approximate surface area is 154 Å². The largest absolute Gasteiger partial charge is 0.504 e. The summed E-state index contributed by atoms with van der Waals surface area (Å²) in [5, 5.41) is 10.5. The van der Waals surface area contributed by atoms with E-state index in [1.807, 2.05) is 6.92 Å². The molecule has 2 atom stereocenters. The Bertz CT molecular complexity index is 1070. The van der Waals surface area contributed by atoms with E-state index in [1.54, 1.807) is 24.3 Å². The Balaban J connectivity index is 1.87. The van der Waals surface area contributed by atoms with Gasteiger partial charge in [0.25, 0.3) is 0 Å². The highest BCUT2D eigenvalue weighted by Crippen LogP contribution is 2.49. The molecule has 7 heteroatoms. The van der Waals surface area contributed by atoms with Gasteiger partial charge in [0.15, 0.2) is 28.9 Å². The maximum absolute atomic E-state index is 11.7. The second kappa shape index (κ2) is 6.42. The van der Waals surface area contributed by atoms with Crippen molar-refractivity contribution in [2.24, 2.45) is 0 Å². The Morgan fingerprint density at radius 2 is 1.74 bits per heavy atom. The average molecular weight is 370 g/mol. The molecule has 1 aliphatic heterocycles. The second-order valence-electron chi connectivity index (χ2n) is 6.20. The molecule has 140 valence electrons. The molecule has 0 aliphatic carbocycles. The number of hydrogen-bond acceptors (Lipinski definition) is 7. The number of methoxy groups -OCH3 is 2. The predicted molar refractivity (Wildman–Crippen MR) is 97.2 cm³/mol. The highest BCUT2D eigenvalue weighted by atomic mass is 16.6. The van der Waals surface area contributed by atoms with Crippen molar-refractivity contribution >= 4 is 11.0 Å². The standard InChI is InChI=1S/C20H18O7/c1-10-17(11-4-6-13(21)14(8-11)23-2)27-20-18-12(5-7-16(22)26-18)9-15(24-3)19(20)25-10/h4-10,17,21H,1-3H3/t10-,17-/m1/s1. The van der Waals surface area contributed by atoms with Crippen molar-refractivity contribution in [1.82, 2.24) is 0 Å². The summed E-state index contributed by atoms with van der Waals surface area (Å²) in [5.41, 5.74) is 0.554. The van der Waals surface area contributed by atoms with Gasteiger partial charge in [-0.2, -0.15) is 0 Å². The number of hydrogen-bond donors (Lipinski definition) is 1. The van der Waals surface area contributed by atoms with Crippen molar-refractivity contribution in [3.05, 3.63) is 52.4 Å². The molecular weight excluding hydrogens is 352 g/mol. The fourth-order valence-corrected chi connectivity index (χ4v) is 3.19. The van der Waals surface area contributed by atoms with E-state index in [0.29, 0.717) is 34.0 Å². The lowest BCUT2D eigenvalue weighted by Gasteiger charge is -2.33. The van der Waals surface area contributed by atoms with Gasteiger partial charge >= 0.3 is 5.63 Å². The molecule has 0 bridgehead atoms. The molecule has 2 aromatic carbocycles. The van der Waals surface area contributed by atoms with Gasteiger partial charge in [0, 0.05) is 17.0 Å². The number of fused-ring (bicyclic) bond motifs is 3. The molecule has 2 heterocycles. The molecule has 0 unspecified atom stereocenters. The van der Waals surface area contributed by atoms with Crippen molar-refractivity contribution in [1.29, 1.82) is 0 Å². The summed E-state index contributed by atoms with van der Waals surface area (Å²) in [4.78, 5) is 11.7. The first kappa shape index (κ1) is 17.1. The van der Waals surface area contributed by atoms with Crippen LogP contribution in [0.25, 0.3) is 11.0 Å². The van der Waals surface area contributed by atoms with Crippen LogP contribution in [-0.4, -0.2) is 25.4 Å². The number of phenolic OH excluding ortho intramolecular Hbond substituents is 1. The van der Waals surface area contributed by atoms with E-state index in [4.69, 9.17) is 23.4 Å². The Kier molecular flexibility index (Phi) is 4.07. The summed E-state index contributed by atoms with van der Waals surface area (Å²) in [6.07, 6.45) is -0.874. The van der Waals surface area contributed by atoms with Crippen molar-refractivity contribution in [2.45, 2.75) is 19.1 Å². The molecule has 0 saturated heterocycles. The maximum atomic E-state index is 11.7. The molecule has 0 radical (unpaired) electrons. The Morgan fingerprint density at radius 1 is 0.963 bits per heavy atom. The monoisotopic (exact) mass is 370 g/mol. The van der Waals surface area contributed by atoms with E-state index in [1.165, 1.54) is 26.4 Å². The fraction of sp³-hybridized carbons (Fsp3) is 0.250. The third-order valence-corrected chi connectivity index (χ3v) is 4.51.